The predicted octanol–water partition coefficient (Wildman–Crippen LogP) is 2.76. The van der Waals surface area contributed by atoms with E-state index in [1.807, 2.05) is 0 Å². The molecule has 1 nitrogen and oxygen atoms in total. The van der Waals surface area contributed by atoms with Crippen molar-refractivity contribution in [3.63, 3.8) is 0 Å². The lowest BCUT2D eigenvalue weighted by Gasteiger charge is -2.13. The Bertz CT molecular complexity index is 278. The lowest BCUT2D eigenvalue weighted by atomic mass is 9.93. The molecule has 0 spiro atoms. The smallest absolute Gasteiger partial charge is 0.00715 e. The minimum absolute atomic E-state index is 0.589. The Morgan fingerprint density at radius 1 is 1.31 bits per heavy atom. The molecule has 1 rings (SSSR count). The van der Waals surface area contributed by atoms with Gasteiger partial charge in [-0.1, -0.05) is 30.7 Å². The second kappa shape index (κ2) is 4.43. The predicted molar refractivity (Wildman–Crippen MR) is 58.0 cm³/mol. The number of rotatable bonds is 3. The molecule has 0 radical (unpaired) electrons. The summed E-state index contributed by atoms with van der Waals surface area (Å²) in [6.07, 6.45) is 1.07. The lowest BCUT2D eigenvalue weighted by molar-refractivity contribution is 0.686. The molecular formula is C12H19N. The quantitative estimate of drug-likeness (QED) is 0.755. The van der Waals surface area contributed by atoms with Crippen molar-refractivity contribution in [3.8, 4) is 0 Å². The maximum absolute atomic E-state index is 5.55. The highest BCUT2D eigenvalue weighted by Gasteiger charge is 2.06. The topological polar surface area (TPSA) is 26.0 Å². The third-order valence-corrected chi connectivity index (χ3v) is 2.56. The fraction of sp³-hybridized carbons (Fsp3) is 0.500. The Balaban J connectivity index is 2.88. The summed E-state index contributed by atoms with van der Waals surface area (Å²) in [7, 11) is 0. The van der Waals surface area contributed by atoms with E-state index in [0.717, 1.165) is 13.0 Å². The molecule has 0 bridgehead atoms. The van der Waals surface area contributed by atoms with Gasteiger partial charge in [0, 0.05) is 0 Å². The molecule has 72 valence electrons. The van der Waals surface area contributed by atoms with Gasteiger partial charge in [-0.2, -0.15) is 0 Å². The van der Waals surface area contributed by atoms with Crippen LogP contribution in [0.15, 0.2) is 18.2 Å². The van der Waals surface area contributed by atoms with E-state index in [-0.39, 0.29) is 0 Å². The summed E-state index contributed by atoms with van der Waals surface area (Å²) < 4.78 is 0. The van der Waals surface area contributed by atoms with Crippen LogP contribution in [0.25, 0.3) is 0 Å². The SMILES string of the molecule is Cc1ccc([C@H](C)CCN)c(C)c1. The van der Waals surface area contributed by atoms with Crippen molar-refractivity contribution in [2.75, 3.05) is 6.54 Å². The van der Waals surface area contributed by atoms with E-state index in [1.54, 1.807) is 0 Å². The molecule has 0 unspecified atom stereocenters. The monoisotopic (exact) mass is 177 g/mol. The summed E-state index contributed by atoms with van der Waals surface area (Å²) >= 11 is 0. The first-order valence-electron chi connectivity index (χ1n) is 4.92. The molecule has 1 heteroatoms. The highest BCUT2D eigenvalue weighted by atomic mass is 14.5. The minimum atomic E-state index is 0.589. The molecule has 0 aliphatic rings. The molecule has 1 aromatic rings. The molecule has 1 atom stereocenters. The molecule has 1 aromatic carbocycles. The van der Waals surface area contributed by atoms with Crippen molar-refractivity contribution >= 4 is 0 Å². The molecule has 0 saturated heterocycles. The van der Waals surface area contributed by atoms with Crippen LogP contribution in [0.4, 0.5) is 0 Å². The van der Waals surface area contributed by atoms with Gasteiger partial charge in [-0.25, -0.2) is 0 Å². The van der Waals surface area contributed by atoms with E-state index >= 15 is 0 Å². The Morgan fingerprint density at radius 3 is 2.54 bits per heavy atom. The Labute approximate surface area is 81.0 Å². The number of aryl methyl sites for hydroxylation is 2. The normalized spacial score (nSPS) is 12.9. The average molecular weight is 177 g/mol. The van der Waals surface area contributed by atoms with Gasteiger partial charge < -0.3 is 5.73 Å². The van der Waals surface area contributed by atoms with Crippen molar-refractivity contribution in [2.24, 2.45) is 5.73 Å². The van der Waals surface area contributed by atoms with Crippen LogP contribution >= 0.6 is 0 Å². The van der Waals surface area contributed by atoms with Gasteiger partial charge in [-0.15, -0.1) is 0 Å². The number of benzene rings is 1. The maximum Gasteiger partial charge on any atom is -0.00715 e. The van der Waals surface area contributed by atoms with Crippen LogP contribution in [0.5, 0.6) is 0 Å². The van der Waals surface area contributed by atoms with Crippen LogP contribution in [0.3, 0.4) is 0 Å². The van der Waals surface area contributed by atoms with E-state index in [1.165, 1.54) is 16.7 Å². The Kier molecular flexibility index (Phi) is 3.49. The van der Waals surface area contributed by atoms with E-state index < -0.39 is 0 Å². The number of hydrogen-bond donors (Lipinski definition) is 1. The van der Waals surface area contributed by atoms with Gasteiger partial charge in [-0.3, -0.25) is 0 Å². The Hall–Kier alpha value is -0.820. The van der Waals surface area contributed by atoms with Crippen molar-refractivity contribution in [1.29, 1.82) is 0 Å². The van der Waals surface area contributed by atoms with Crippen molar-refractivity contribution in [2.45, 2.75) is 33.1 Å². The largest absolute Gasteiger partial charge is 0.330 e. The van der Waals surface area contributed by atoms with E-state index in [9.17, 15) is 0 Å². The summed E-state index contributed by atoms with van der Waals surface area (Å²) in [5.41, 5.74) is 9.71. The molecule has 0 aliphatic heterocycles. The Morgan fingerprint density at radius 2 is 2.00 bits per heavy atom. The third kappa shape index (κ3) is 2.56. The maximum atomic E-state index is 5.55. The molecule has 0 aliphatic carbocycles. The van der Waals surface area contributed by atoms with Crippen LogP contribution in [-0.4, -0.2) is 6.54 Å². The van der Waals surface area contributed by atoms with E-state index in [2.05, 4.69) is 39.0 Å². The second-order valence-electron chi connectivity index (χ2n) is 3.84. The first-order chi connectivity index (χ1) is 6.15. The average Bonchev–Trinajstić information content (AvgIpc) is 2.04. The molecule has 13 heavy (non-hydrogen) atoms. The van der Waals surface area contributed by atoms with Crippen LogP contribution in [-0.2, 0) is 0 Å². The first-order valence-corrected chi connectivity index (χ1v) is 4.92. The summed E-state index contributed by atoms with van der Waals surface area (Å²) in [6, 6.07) is 6.64. The number of nitrogens with two attached hydrogens (primary N) is 1. The van der Waals surface area contributed by atoms with Gasteiger partial charge in [0.2, 0.25) is 0 Å². The highest BCUT2D eigenvalue weighted by Crippen LogP contribution is 2.22. The molecule has 0 heterocycles. The van der Waals surface area contributed by atoms with E-state index in [4.69, 9.17) is 5.73 Å². The zero-order chi connectivity index (χ0) is 9.84. The van der Waals surface area contributed by atoms with Gasteiger partial charge in [0.15, 0.2) is 0 Å². The van der Waals surface area contributed by atoms with Crippen LogP contribution in [0.1, 0.15) is 36.0 Å². The molecular weight excluding hydrogens is 158 g/mol. The molecule has 0 aromatic heterocycles. The summed E-state index contributed by atoms with van der Waals surface area (Å²) in [5.74, 6) is 0.589. The number of hydrogen-bond acceptors (Lipinski definition) is 1. The van der Waals surface area contributed by atoms with Crippen molar-refractivity contribution in [1.82, 2.24) is 0 Å². The molecule has 2 N–H and O–H groups in total. The van der Waals surface area contributed by atoms with Crippen LogP contribution in [0.2, 0.25) is 0 Å². The van der Waals surface area contributed by atoms with Gasteiger partial charge in [-0.05, 0) is 43.9 Å². The van der Waals surface area contributed by atoms with Gasteiger partial charge >= 0.3 is 0 Å². The van der Waals surface area contributed by atoms with Crippen molar-refractivity contribution < 1.29 is 0 Å². The molecule has 0 fully saturated rings. The zero-order valence-corrected chi connectivity index (χ0v) is 8.80. The summed E-state index contributed by atoms with van der Waals surface area (Å²) in [5, 5.41) is 0. The first kappa shape index (κ1) is 10.3. The van der Waals surface area contributed by atoms with Crippen LogP contribution < -0.4 is 5.73 Å². The van der Waals surface area contributed by atoms with Gasteiger partial charge in [0.1, 0.15) is 0 Å². The highest BCUT2D eigenvalue weighted by molar-refractivity contribution is 5.32. The third-order valence-electron chi connectivity index (χ3n) is 2.56. The fourth-order valence-electron chi connectivity index (χ4n) is 1.78. The summed E-state index contributed by atoms with van der Waals surface area (Å²) in [4.78, 5) is 0. The van der Waals surface area contributed by atoms with E-state index in [0.29, 0.717) is 5.92 Å². The standard InChI is InChI=1S/C12H19N/c1-9-4-5-12(11(3)8-9)10(2)6-7-13/h4-5,8,10H,6-7,13H2,1-3H3/t10-/m1/s1. The molecule has 0 amide bonds. The minimum Gasteiger partial charge on any atom is -0.330 e. The van der Waals surface area contributed by atoms with Crippen LogP contribution in [0, 0.1) is 13.8 Å². The van der Waals surface area contributed by atoms with Crippen molar-refractivity contribution in [3.05, 3.63) is 34.9 Å². The summed E-state index contributed by atoms with van der Waals surface area (Å²) in [6.45, 7) is 7.32. The van der Waals surface area contributed by atoms with Gasteiger partial charge in [0.25, 0.3) is 0 Å². The molecule has 0 saturated carbocycles. The zero-order valence-electron chi connectivity index (χ0n) is 8.80. The van der Waals surface area contributed by atoms with Gasteiger partial charge in [0.05, 0.1) is 0 Å². The second-order valence-corrected chi connectivity index (χ2v) is 3.84. The lowest BCUT2D eigenvalue weighted by Crippen LogP contribution is -2.05. The fourth-order valence-corrected chi connectivity index (χ4v) is 1.78.